The standard InChI is InChI=1S/C12H14S2Si2/c15-16(13-11-7-3-1-4-8-11)14-12-9-5-2-6-10-12/h1-10,16H,15H3. The predicted molar refractivity (Wildman–Crippen MR) is 81.7 cm³/mol. The van der Waals surface area contributed by atoms with Crippen LogP contribution < -0.4 is 0 Å². The number of benzene rings is 2. The van der Waals surface area contributed by atoms with E-state index in [-0.39, 0.29) is 0 Å². The van der Waals surface area contributed by atoms with Gasteiger partial charge in [0.1, 0.15) is 0 Å². The molecule has 82 valence electrons. The largest absolute Gasteiger partial charge is 0.153 e. The highest BCUT2D eigenvalue weighted by molar-refractivity contribution is 8.58. The second-order valence-electron chi connectivity index (χ2n) is 3.43. The maximum Gasteiger partial charge on any atom is 0.153 e. The van der Waals surface area contributed by atoms with Crippen molar-refractivity contribution in [3.63, 3.8) is 0 Å². The minimum Gasteiger partial charge on any atom is -0.146 e. The summed E-state index contributed by atoms with van der Waals surface area (Å²) in [6, 6.07) is 21.5. The Balaban J connectivity index is 1.92. The van der Waals surface area contributed by atoms with E-state index in [9.17, 15) is 0 Å². The Labute approximate surface area is 109 Å². The van der Waals surface area contributed by atoms with Crippen LogP contribution in [0.25, 0.3) is 0 Å². The minimum atomic E-state index is -0.683. The Bertz CT molecular complexity index is 378. The predicted octanol–water partition coefficient (Wildman–Crippen LogP) is 2.65. The van der Waals surface area contributed by atoms with E-state index in [4.69, 9.17) is 0 Å². The van der Waals surface area contributed by atoms with Crippen LogP contribution in [0.3, 0.4) is 0 Å². The van der Waals surface area contributed by atoms with Crippen molar-refractivity contribution in [2.45, 2.75) is 9.79 Å². The second kappa shape index (κ2) is 6.34. The first kappa shape index (κ1) is 12.0. The quantitative estimate of drug-likeness (QED) is 0.789. The van der Waals surface area contributed by atoms with Gasteiger partial charge in [0.05, 0.1) is 0 Å². The summed E-state index contributed by atoms with van der Waals surface area (Å²) in [5.41, 5.74) is 0. The van der Waals surface area contributed by atoms with Crippen molar-refractivity contribution in [1.29, 1.82) is 0 Å². The van der Waals surface area contributed by atoms with E-state index in [1.165, 1.54) is 19.6 Å². The van der Waals surface area contributed by atoms with Gasteiger partial charge in [-0.15, -0.1) is 22.4 Å². The molecule has 0 heterocycles. The number of rotatable bonds is 4. The maximum atomic E-state index is 2.22. The van der Waals surface area contributed by atoms with E-state index in [2.05, 4.69) is 83.1 Å². The van der Waals surface area contributed by atoms with Gasteiger partial charge < -0.3 is 0 Å². The summed E-state index contributed by atoms with van der Waals surface area (Å²) in [7, 11) is 1.32. The Morgan fingerprint density at radius 3 is 1.44 bits per heavy atom. The second-order valence-corrected chi connectivity index (χ2v) is 21.0. The summed E-state index contributed by atoms with van der Waals surface area (Å²) in [5.74, 6) is 0. The lowest BCUT2D eigenvalue weighted by Crippen LogP contribution is -2.01. The lowest BCUT2D eigenvalue weighted by molar-refractivity contribution is 1.47. The van der Waals surface area contributed by atoms with Crippen molar-refractivity contribution >= 4 is 38.8 Å². The van der Waals surface area contributed by atoms with E-state index < -0.39 is 6.61 Å². The fourth-order valence-electron chi connectivity index (χ4n) is 1.41. The molecule has 2 aromatic carbocycles. The molecule has 0 aliphatic rings. The monoisotopic (exact) mass is 278 g/mol. The molecular formula is C12H14S2Si2. The van der Waals surface area contributed by atoms with Gasteiger partial charge in [0, 0.05) is 19.6 Å². The Morgan fingerprint density at radius 2 is 1.06 bits per heavy atom. The number of hydrogen-bond acceptors (Lipinski definition) is 2. The highest BCUT2D eigenvalue weighted by atomic mass is 32.6. The molecule has 0 saturated heterocycles. The molecule has 0 aromatic heterocycles. The van der Waals surface area contributed by atoms with Gasteiger partial charge in [-0.1, -0.05) is 36.4 Å². The summed E-state index contributed by atoms with van der Waals surface area (Å²) < 4.78 is 0. The first-order valence-corrected chi connectivity index (χ1v) is 14.5. The van der Waals surface area contributed by atoms with Crippen molar-refractivity contribution < 1.29 is 0 Å². The SMILES string of the molecule is [SiH3][SiH](Sc1ccccc1)Sc1ccccc1. The molecule has 2 aromatic rings. The Kier molecular flexibility index (Phi) is 4.77. The maximum absolute atomic E-state index is 2.22. The van der Waals surface area contributed by atoms with Crippen molar-refractivity contribution in [1.82, 2.24) is 0 Å². The van der Waals surface area contributed by atoms with Crippen LogP contribution in [0.1, 0.15) is 0 Å². The lowest BCUT2D eigenvalue weighted by atomic mass is 10.4. The fraction of sp³-hybridized carbons (Fsp3) is 0. The van der Waals surface area contributed by atoms with Gasteiger partial charge in [-0.3, -0.25) is 0 Å². The van der Waals surface area contributed by atoms with Gasteiger partial charge in [0.25, 0.3) is 0 Å². The number of hydrogen-bond donors (Lipinski definition) is 0. The first-order valence-electron chi connectivity index (χ1n) is 5.28. The van der Waals surface area contributed by atoms with Gasteiger partial charge in [0.2, 0.25) is 0 Å². The molecule has 2 rings (SSSR count). The summed E-state index contributed by atoms with van der Waals surface area (Å²) in [4.78, 5) is 2.86. The fourth-order valence-corrected chi connectivity index (χ4v) is 13.6. The molecule has 0 unspecified atom stereocenters. The molecule has 0 aliphatic carbocycles. The summed E-state index contributed by atoms with van der Waals surface area (Å²) in [6.07, 6.45) is 0. The highest BCUT2D eigenvalue weighted by Crippen LogP contribution is 2.29. The molecule has 0 saturated carbocycles. The van der Waals surface area contributed by atoms with E-state index >= 15 is 0 Å². The molecule has 0 fully saturated rings. The third-order valence-corrected chi connectivity index (χ3v) is 13.4. The molecular weight excluding hydrogens is 264 g/mol. The van der Waals surface area contributed by atoms with E-state index in [1.807, 2.05) is 0 Å². The van der Waals surface area contributed by atoms with Crippen LogP contribution >= 0.6 is 22.4 Å². The minimum absolute atomic E-state index is 0.683. The van der Waals surface area contributed by atoms with Gasteiger partial charge in [-0.05, 0) is 24.3 Å². The van der Waals surface area contributed by atoms with Crippen molar-refractivity contribution in [3.8, 4) is 0 Å². The smallest absolute Gasteiger partial charge is 0.146 e. The van der Waals surface area contributed by atoms with Crippen LogP contribution in [-0.4, -0.2) is 16.4 Å². The Morgan fingerprint density at radius 1 is 0.688 bits per heavy atom. The van der Waals surface area contributed by atoms with Gasteiger partial charge in [-0.2, -0.15) is 0 Å². The van der Waals surface area contributed by atoms with Crippen molar-refractivity contribution in [2.75, 3.05) is 0 Å². The zero-order valence-corrected chi connectivity index (χ0v) is 14.0. The zero-order chi connectivity index (χ0) is 11.2. The molecule has 16 heavy (non-hydrogen) atoms. The third kappa shape index (κ3) is 3.86. The average molecular weight is 279 g/mol. The third-order valence-electron chi connectivity index (χ3n) is 2.09. The van der Waals surface area contributed by atoms with E-state index in [1.54, 1.807) is 0 Å². The molecule has 0 spiro atoms. The molecule has 4 heteroatoms. The molecule has 0 radical (unpaired) electrons. The summed E-state index contributed by atoms with van der Waals surface area (Å²) >= 11 is 4.20. The van der Waals surface area contributed by atoms with Crippen LogP contribution in [0, 0.1) is 0 Å². The van der Waals surface area contributed by atoms with E-state index in [0.29, 0.717) is 0 Å². The van der Waals surface area contributed by atoms with Crippen LogP contribution in [0.2, 0.25) is 0 Å². The van der Waals surface area contributed by atoms with Crippen LogP contribution in [0.4, 0.5) is 0 Å². The molecule has 0 nitrogen and oxygen atoms in total. The molecule has 0 N–H and O–H groups in total. The summed E-state index contributed by atoms with van der Waals surface area (Å²) in [6.45, 7) is -0.683. The molecule has 0 bridgehead atoms. The summed E-state index contributed by atoms with van der Waals surface area (Å²) in [5, 5.41) is 0. The topological polar surface area (TPSA) is 0 Å². The first-order chi connectivity index (χ1) is 7.84. The van der Waals surface area contributed by atoms with Gasteiger partial charge in [0.15, 0.2) is 6.61 Å². The normalized spacial score (nSPS) is 10.8. The van der Waals surface area contributed by atoms with Crippen LogP contribution in [-0.2, 0) is 0 Å². The Hall–Kier alpha value is -0.426. The highest BCUT2D eigenvalue weighted by Gasteiger charge is 2.07. The molecule has 0 atom stereocenters. The molecule has 0 aliphatic heterocycles. The zero-order valence-electron chi connectivity index (χ0n) is 9.17. The van der Waals surface area contributed by atoms with Gasteiger partial charge in [-0.25, -0.2) is 0 Å². The molecule has 0 amide bonds. The lowest BCUT2D eigenvalue weighted by Gasteiger charge is -2.09. The van der Waals surface area contributed by atoms with Gasteiger partial charge >= 0.3 is 0 Å². The van der Waals surface area contributed by atoms with Crippen molar-refractivity contribution in [2.24, 2.45) is 0 Å². The van der Waals surface area contributed by atoms with E-state index in [0.717, 1.165) is 0 Å². The van der Waals surface area contributed by atoms with Crippen molar-refractivity contribution in [3.05, 3.63) is 60.7 Å². The van der Waals surface area contributed by atoms with Crippen LogP contribution in [0.5, 0.6) is 0 Å². The average Bonchev–Trinajstić information content (AvgIpc) is 2.31. The van der Waals surface area contributed by atoms with Crippen LogP contribution in [0.15, 0.2) is 70.5 Å².